The molecule has 202 valence electrons. The summed E-state index contributed by atoms with van der Waals surface area (Å²) in [4.78, 5) is 32.5. The standard InChI is InChI=1S/C33H30N2O5/c1-21-9-10-22(2)26(17-21)31(36)29-30(35(33(38)32(29)37)19-23-13-15-34-16-14-23)25-11-12-27(28(18-25)39-3)40-20-24-7-5-4-6-8-24/h4-18,30,36H,19-20H2,1-3H3. The first-order valence-electron chi connectivity index (χ1n) is 13.0. The van der Waals surface area contributed by atoms with Crippen LogP contribution in [0.15, 0.2) is 96.8 Å². The third-order valence-electron chi connectivity index (χ3n) is 7.03. The van der Waals surface area contributed by atoms with Crippen LogP contribution in [-0.2, 0) is 22.7 Å². The van der Waals surface area contributed by atoms with Crippen LogP contribution in [0.2, 0.25) is 0 Å². The molecule has 0 aliphatic carbocycles. The Labute approximate surface area is 233 Å². The van der Waals surface area contributed by atoms with Crippen LogP contribution >= 0.6 is 0 Å². The Morgan fingerprint density at radius 2 is 1.65 bits per heavy atom. The van der Waals surface area contributed by atoms with Crippen LogP contribution in [-0.4, -0.2) is 33.8 Å². The summed E-state index contributed by atoms with van der Waals surface area (Å²) < 4.78 is 11.7. The highest BCUT2D eigenvalue weighted by atomic mass is 16.5. The predicted octanol–water partition coefficient (Wildman–Crippen LogP) is 5.91. The van der Waals surface area contributed by atoms with Crippen LogP contribution < -0.4 is 9.47 Å². The van der Waals surface area contributed by atoms with Crippen LogP contribution in [0.1, 0.15) is 39.4 Å². The van der Waals surface area contributed by atoms with E-state index in [9.17, 15) is 14.7 Å². The second kappa shape index (κ2) is 11.5. The average molecular weight is 535 g/mol. The lowest BCUT2D eigenvalue weighted by Gasteiger charge is -2.26. The van der Waals surface area contributed by atoms with Gasteiger partial charge in [0.2, 0.25) is 0 Å². The van der Waals surface area contributed by atoms with E-state index in [2.05, 4.69) is 4.98 Å². The van der Waals surface area contributed by atoms with Crippen molar-refractivity contribution in [1.29, 1.82) is 0 Å². The Bertz CT molecular complexity index is 1580. The molecule has 7 heteroatoms. The molecule has 1 unspecified atom stereocenters. The minimum atomic E-state index is -0.842. The van der Waals surface area contributed by atoms with Crippen molar-refractivity contribution >= 4 is 17.4 Å². The maximum absolute atomic E-state index is 13.5. The van der Waals surface area contributed by atoms with Crippen molar-refractivity contribution in [2.75, 3.05) is 7.11 Å². The molecule has 1 atom stereocenters. The summed E-state index contributed by atoms with van der Waals surface area (Å²) in [5, 5.41) is 11.5. The monoisotopic (exact) mass is 534 g/mol. The molecule has 7 nitrogen and oxygen atoms in total. The molecule has 4 aromatic rings. The van der Waals surface area contributed by atoms with Crippen molar-refractivity contribution in [2.24, 2.45) is 0 Å². The fraction of sp³-hybridized carbons (Fsp3) is 0.182. The van der Waals surface area contributed by atoms with Gasteiger partial charge >= 0.3 is 0 Å². The number of hydrogen-bond acceptors (Lipinski definition) is 6. The van der Waals surface area contributed by atoms with E-state index in [4.69, 9.17) is 9.47 Å². The first-order chi connectivity index (χ1) is 19.4. The van der Waals surface area contributed by atoms with Gasteiger partial charge in [0.25, 0.3) is 11.7 Å². The van der Waals surface area contributed by atoms with E-state index in [1.54, 1.807) is 49.8 Å². The highest BCUT2D eigenvalue weighted by Gasteiger charge is 2.46. The second-order valence-corrected chi connectivity index (χ2v) is 9.79. The molecule has 0 spiro atoms. The number of pyridine rings is 1. The van der Waals surface area contributed by atoms with Gasteiger partial charge in [0, 0.05) is 24.5 Å². The molecule has 1 amide bonds. The van der Waals surface area contributed by atoms with Crippen molar-refractivity contribution in [1.82, 2.24) is 9.88 Å². The summed E-state index contributed by atoms with van der Waals surface area (Å²) in [7, 11) is 1.54. The number of aliphatic hydroxyl groups is 1. The molecule has 1 aliphatic rings. The van der Waals surface area contributed by atoms with Gasteiger partial charge in [0.1, 0.15) is 12.4 Å². The lowest BCUT2D eigenvalue weighted by Crippen LogP contribution is -2.29. The molecule has 1 aromatic heterocycles. The Morgan fingerprint density at radius 3 is 2.38 bits per heavy atom. The topological polar surface area (TPSA) is 89.0 Å². The Hall–Kier alpha value is -4.91. The number of rotatable bonds is 8. The fourth-order valence-corrected chi connectivity index (χ4v) is 4.92. The van der Waals surface area contributed by atoms with E-state index < -0.39 is 17.7 Å². The maximum Gasteiger partial charge on any atom is 0.295 e. The van der Waals surface area contributed by atoms with Crippen molar-refractivity contribution in [3.05, 3.63) is 130 Å². The Kier molecular flexibility index (Phi) is 7.64. The number of ether oxygens (including phenoxy) is 2. The third kappa shape index (κ3) is 5.31. The molecule has 5 rings (SSSR count). The average Bonchev–Trinajstić information content (AvgIpc) is 3.23. The lowest BCUT2D eigenvalue weighted by molar-refractivity contribution is -0.140. The van der Waals surface area contributed by atoms with Gasteiger partial charge in [0.15, 0.2) is 11.5 Å². The third-order valence-corrected chi connectivity index (χ3v) is 7.03. The van der Waals surface area contributed by atoms with E-state index >= 15 is 0 Å². The first-order valence-corrected chi connectivity index (χ1v) is 13.0. The summed E-state index contributed by atoms with van der Waals surface area (Å²) in [6, 6.07) is 23.5. The summed E-state index contributed by atoms with van der Waals surface area (Å²) in [5.74, 6) is -0.645. The number of nitrogens with zero attached hydrogens (tertiary/aromatic N) is 2. The second-order valence-electron chi connectivity index (χ2n) is 9.79. The number of likely N-dealkylation sites (tertiary alicyclic amines) is 1. The van der Waals surface area contributed by atoms with Gasteiger partial charge in [-0.1, -0.05) is 54.1 Å². The zero-order valence-corrected chi connectivity index (χ0v) is 22.6. The quantitative estimate of drug-likeness (QED) is 0.172. The number of carbonyl (C=O) groups is 2. The van der Waals surface area contributed by atoms with Crippen LogP contribution in [0.5, 0.6) is 11.5 Å². The van der Waals surface area contributed by atoms with Crippen molar-refractivity contribution in [2.45, 2.75) is 33.0 Å². The van der Waals surface area contributed by atoms with E-state index in [0.29, 0.717) is 29.2 Å². The number of benzene rings is 3. The highest BCUT2D eigenvalue weighted by molar-refractivity contribution is 6.46. The van der Waals surface area contributed by atoms with E-state index in [1.807, 2.05) is 62.4 Å². The minimum absolute atomic E-state index is 0.0350. The SMILES string of the molecule is COc1cc(C2C(=C(O)c3cc(C)ccc3C)C(=O)C(=O)N2Cc2ccncc2)ccc1OCc1ccccc1. The number of aryl methyl sites for hydroxylation is 2. The summed E-state index contributed by atoms with van der Waals surface area (Å²) in [6.45, 7) is 4.28. The largest absolute Gasteiger partial charge is 0.507 e. The van der Waals surface area contributed by atoms with E-state index in [-0.39, 0.29) is 17.9 Å². The number of amides is 1. The molecule has 0 radical (unpaired) electrons. The van der Waals surface area contributed by atoms with E-state index in [0.717, 1.165) is 22.3 Å². The lowest BCUT2D eigenvalue weighted by atomic mass is 9.93. The smallest absolute Gasteiger partial charge is 0.295 e. The Morgan fingerprint density at radius 1 is 0.900 bits per heavy atom. The highest BCUT2D eigenvalue weighted by Crippen LogP contribution is 2.43. The van der Waals surface area contributed by atoms with E-state index in [1.165, 1.54) is 4.90 Å². The molecule has 0 bridgehead atoms. The molecular formula is C33H30N2O5. The van der Waals surface area contributed by atoms with Crippen molar-refractivity contribution < 1.29 is 24.2 Å². The van der Waals surface area contributed by atoms with Gasteiger partial charge in [-0.25, -0.2) is 0 Å². The van der Waals surface area contributed by atoms with Gasteiger partial charge in [0.05, 0.1) is 18.7 Å². The number of hydrogen-bond donors (Lipinski definition) is 1. The van der Waals surface area contributed by atoms with Gasteiger partial charge in [-0.3, -0.25) is 14.6 Å². The van der Waals surface area contributed by atoms with Gasteiger partial charge in [-0.2, -0.15) is 0 Å². The number of carbonyl (C=O) groups excluding carboxylic acids is 2. The molecule has 40 heavy (non-hydrogen) atoms. The molecular weight excluding hydrogens is 504 g/mol. The normalized spacial score (nSPS) is 16.3. The molecule has 0 saturated carbocycles. The zero-order chi connectivity index (χ0) is 28.2. The summed E-state index contributed by atoms with van der Waals surface area (Å²) in [5.41, 5.74) is 4.70. The molecule has 1 fully saturated rings. The molecule has 1 N–H and O–H groups in total. The molecule has 3 aromatic carbocycles. The fourth-order valence-electron chi connectivity index (χ4n) is 4.92. The number of aromatic nitrogens is 1. The molecule has 1 aliphatic heterocycles. The van der Waals surface area contributed by atoms with Gasteiger partial charge < -0.3 is 19.5 Å². The number of methoxy groups -OCH3 is 1. The van der Waals surface area contributed by atoms with Crippen LogP contribution in [0.4, 0.5) is 0 Å². The number of aliphatic hydroxyl groups excluding tert-OH is 1. The Balaban J connectivity index is 1.60. The molecule has 1 saturated heterocycles. The van der Waals surface area contributed by atoms with Gasteiger partial charge in [-0.15, -0.1) is 0 Å². The summed E-state index contributed by atoms with van der Waals surface area (Å²) in [6.07, 6.45) is 3.28. The number of ketones is 1. The van der Waals surface area contributed by atoms with Gasteiger partial charge in [-0.05, 0) is 66.4 Å². The van der Waals surface area contributed by atoms with Crippen LogP contribution in [0.25, 0.3) is 5.76 Å². The van der Waals surface area contributed by atoms with Crippen molar-refractivity contribution in [3.8, 4) is 11.5 Å². The maximum atomic E-state index is 13.5. The van der Waals surface area contributed by atoms with Crippen molar-refractivity contribution in [3.63, 3.8) is 0 Å². The van der Waals surface area contributed by atoms with Crippen LogP contribution in [0.3, 0.4) is 0 Å². The minimum Gasteiger partial charge on any atom is -0.507 e. The first kappa shape index (κ1) is 26.7. The summed E-state index contributed by atoms with van der Waals surface area (Å²) >= 11 is 0. The predicted molar refractivity (Wildman–Crippen MR) is 152 cm³/mol. The van der Waals surface area contributed by atoms with Crippen LogP contribution in [0, 0.1) is 13.8 Å². The number of Topliss-reactive ketones (excluding diaryl/α,β-unsaturated/α-hetero) is 1. The zero-order valence-electron chi connectivity index (χ0n) is 22.6. The molecule has 2 heterocycles.